The van der Waals surface area contributed by atoms with E-state index in [2.05, 4.69) is 164 Å². The van der Waals surface area contributed by atoms with Crippen molar-refractivity contribution in [2.24, 2.45) is 10.1 Å². The van der Waals surface area contributed by atoms with E-state index in [4.69, 9.17) is 15.1 Å². The number of hydrogen-bond donors (Lipinski definition) is 0. The molecular formula is C50H38N4. The van der Waals surface area contributed by atoms with E-state index < -0.39 is 0 Å². The Kier molecular flexibility index (Phi) is 7.13. The number of aryl methyl sites for hydroxylation is 1. The van der Waals surface area contributed by atoms with Crippen LogP contribution >= 0.6 is 0 Å². The van der Waals surface area contributed by atoms with E-state index in [1.54, 1.807) is 0 Å². The Bertz CT molecular complexity index is 2750. The van der Waals surface area contributed by atoms with E-state index in [0.717, 1.165) is 65.4 Å². The molecule has 7 aromatic rings. The quantitative estimate of drug-likeness (QED) is 0.184. The van der Waals surface area contributed by atoms with E-state index in [1.165, 1.54) is 60.8 Å². The van der Waals surface area contributed by atoms with Crippen LogP contribution in [0.1, 0.15) is 70.8 Å². The standard InChI is InChI=1S/C50H38N4/c1-31-26-49-43-20-10-11-21-46(43)52-50(54(49)53-31)33-24-22-32(23-25-33)36-29-47(44-27-34-12-2-4-14-37(34)39-16-6-8-18-41(39)44)51-48(30-36)45-28-35-13-3-5-15-38(35)40-17-7-9-19-42(40)45/h2,4-12,14-25,28-30,44,49H,3,13,26-27H2,1H3. The van der Waals surface area contributed by atoms with Gasteiger partial charge in [0.05, 0.1) is 17.4 Å². The van der Waals surface area contributed by atoms with Crippen molar-refractivity contribution in [1.82, 2.24) is 9.99 Å². The molecule has 6 aromatic carbocycles. The zero-order valence-electron chi connectivity index (χ0n) is 30.2. The second-order valence-electron chi connectivity index (χ2n) is 15.1. The fourth-order valence-corrected chi connectivity index (χ4v) is 9.29. The molecule has 0 radical (unpaired) electrons. The number of fused-ring (bicyclic) bond motifs is 9. The lowest BCUT2D eigenvalue weighted by Gasteiger charge is -2.30. The molecule has 54 heavy (non-hydrogen) atoms. The van der Waals surface area contributed by atoms with Gasteiger partial charge >= 0.3 is 0 Å². The molecular weight excluding hydrogens is 657 g/mol. The van der Waals surface area contributed by atoms with Gasteiger partial charge in [0, 0.05) is 40.4 Å². The summed E-state index contributed by atoms with van der Waals surface area (Å²) >= 11 is 0. The molecule has 0 bridgehead atoms. The number of amidine groups is 1. The summed E-state index contributed by atoms with van der Waals surface area (Å²) in [6.07, 6.45) is 8.55. The first-order chi connectivity index (χ1) is 26.7. The van der Waals surface area contributed by atoms with Crippen LogP contribution in [0.2, 0.25) is 0 Å². The Morgan fingerprint density at radius 3 is 2.24 bits per heavy atom. The molecule has 2 aliphatic carbocycles. The molecule has 0 saturated carbocycles. The number of benzene rings is 6. The summed E-state index contributed by atoms with van der Waals surface area (Å²) in [5.41, 5.74) is 18.2. The molecule has 1 aromatic heterocycles. The van der Waals surface area contributed by atoms with Crippen LogP contribution in [0.25, 0.3) is 50.4 Å². The van der Waals surface area contributed by atoms with Gasteiger partial charge in [0.1, 0.15) is 0 Å². The lowest BCUT2D eigenvalue weighted by Crippen LogP contribution is -2.30. The van der Waals surface area contributed by atoms with Crippen LogP contribution in [0.15, 0.2) is 156 Å². The van der Waals surface area contributed by atoms with Gasteiger partial charge in [-0.15, -0.1) is 0 Å². The van der Waals surface area contributed by atoms with E-state index in [1.807, 2.05) is 0 Å². The van der Waals surface area contributed by atoms with Crippen LogP contribution in [0, 0.1) is 0 Å². The van der Waals surface area contributed by atoms with Crippen molar-refractivity contribution in [2.75, 3.05) is 0 Å². The first-order valence-corrected chi connectivity index (χ1v) is 19.2. The smallest absolute Gasteiger partial charge is 0.157 e. The summed E-state index contributed by atoms with van der Waals surface area (Å²) in [5, 5.41) is 9.62. The monoisotopic (exact) mass is 694 g/mol. The number of allylic oxidation sites excluding steroid dienone is 1. The number of aliphatic imine (C=N–C) groups is 1. The molecule has 0 fully saturated rings. The van der Waals surface area contributed by atoms with Gasteiger partial charge in [0.15, 0.2) is 5.84 Å². The Labute approximate surface area is 315 Å². The lowest BCUT2D eigenvalue weighted by molar-refractivity contribution is 0.365. The summed E-state index contributed by atoms with van der Waals surface area (Å²) in [7, 11) is 0. The number of aromatic nitrogens is 1. The molecule has 4 aliphatic rings. The minimum atomic E-state index is 0.130. The summed E-state index contributed by atoms with van der Waals surface area (Å²) in [6, 6.07) is 51.3. The van der Waals surface area contributed by atoms with Crippen molar-refractivity contribution in [3.8, 4) is 33.5 Å². The number of rotatable bonds is 4. The molecule has 0 saturated heterocycles. The number of hydrogen-bond acceptors (Lipinski definition) is 4. The maximum absolute atomic E-state index is 5.62. The van der Waals surface area contributed by atoms with Gasteiger partial charge in [-0.3, -0.25) is 4.98 Å². The molecule has 4 heteroatoms. The van der Waals surface area contributed by atoms with Crippen LogP contribution in [0.4, 0.5) is 5.69 Å². The van der Waals surface area contributed by atoms with Crippen molar-refractivity contribution in [1.29, 1.82) is 0 Å². The number of nitrogens with zero attached hydrogens (tertiary/aromatic N) is 4. The van der Waals surface area contributed by atoms with E-state index in [-0.39, 0.29) is 12.0 Å². The average Bonchev–Trinajstić information content (AvgIpc) is 3.64. The minimum absolute atomic E-state index is 0.130. The third kappa shape index (κ3) is 5.01. The number of para-hydroxylation sites is 1. The van der Waals surface area contributed by atoms with Crippen molar-refractivity contribution in [3.63, 3.8) is 0 Å². The fourth-order valence-electron chi connectivity index (χ4n) is 9.29. The van der Waals surface area contributed by atoms with Crippen LogP contribution in [0.3, 0.4) is 0 Å². The predicted molar refractivity (Wildman–Crippen MR) is 222 cm³/mol. The topological polar surface area (TPSA) is 40.9 Å². The second-order valence-corrected chi connectivity index (χ2v) is 15.1. The maximum atomic E-state index is 5.62. The molecule has 3 heterocycles. The van der Waals surface area contributed by atoms with E-state index >= 15 is 0 Å². The molecule has 2 aliphatic heterocycles. The summed E-state index contributed by atoms with van der Waals surface area (Å²) in [6.45, 7) is 2.12. The van der Waals surface area contributed by atoms with Crippen molar-refractivity contribution in [2.45, 2.75) is 44.6 Å². The van der Waals surface area contributed by atoms with Gasteiger partial charge in [-0.25, -0.2) is 10.0 Å². The highest BCUT2D eigenvalue weighted by Crippen LogP contribution is 2.45. The molecule has 2 atom stereocenters. The first kappa shape index (κ1) is 31.2. The van der Waals surface area contributed by atoms with Crippen molar-refractivity contribution < 1.29 is 0 Å². The Morgan fingerprint density at radius 2 is 1.35 bits per heavy atom. The molecule has 4 nitrogen and oxygen atoms in total. The van der Waals surface area contributed by atoms with Crippen LogP contribution in [-0.4, -0.2) is 21.5 Å². The van der Waals surface area contributed by atoms with Crippen molar-refractivity contribution in [3.05, 3.63) is 185 Å². The fraction of sp³-hybridized carbons (Fsp3) is 0.140. The highest BCUT2D eigenvalue weighted by atomic mass is 15.5. The largest absolute Gasteiger partial charge is 0.252 e. The van der Waals surface area contributed by atoms with Gasteiger partial charge in [0.25, 0.3) is 0 Å². The highest BCUT2D eigenvalue weighted by molar-refractivity contribution is 6.05. The molecule has 258 valence electrons. The first-order valence-electron chi connectivity index (χ1n) is 19.2. The van der Waals surface area contributed by atoms with E-state index in [0.29, 0.717) is 0 Å². The van der Waals surface area contributed by atoms with Gasteiger partial charge in [-0.1, -0.05) is 127 Å². The highest BCUT2D eigenvalue weighted by Gasteiger charge is 2.35. The van der Waals surface area contributed by atoms with E-state index in [9.17, 15) is 0 Å². The van der Waals surface area contributed by atoms with Crippen LogP contribution in [-0.2, 0) is 12.8 Å². The van der Waals surface area contributed by atoms with Gasteiger partial charge in [-0.2, -0.15) is 5.10 Å². The SMILES string of the molecule is CC1=NN2C(c3ccc(-c4cc(-c5cc6c(c7ccccc57)C=CCC6)nc(C5Cc6ccccc6-c6ccccc65)c4)cc3)=Nc3ccccc3C2C1. The molecule has 11 rings (SSSR count). The normalized spacial score (nSPS) is 17.9. The predicted octanol–water partition coefficient (Wildman–Crippen LogP) is 12.1. The van der Waals surface area contributed by atoms with Crippen LogP contribution in [0.5, 0.6) is 0 Å². The molecule has 2 unspecified atom stereocenters. The third-order valence-corrected chi connectivity index (χ3v) is 11.9. The number of hydrazone groups is 1. The van der Waals surface area contributed by atoms with Gasteiger partial charge in [0.2, 0.25) is 0 Å². The third-order valence-electron chi connectivity index (χ3n) is 11.9. The zero-order valence-corrected chi connectivity index (χ0v) is 30.2. The van der Waals surface area contributed by atoms with Gasteiger partial charge in [-0.05, 0) is 106 Å². The van der Waals surface area contributed by atoms with Gasteiger partial charge < -0.3 is 0 Å². The minimum Gasteiger partial charge on any atom is -0.252 e. The maximum Gasteiger partial charge on any atom is 0.157 e. The molecule has 0 amide bonds. The Hall–Kier alpha value is -6.39. The summed E-state index contributed by atoms with van der Waals surface area (Å²) in [4.78, 5) is 10.8. The van der Waals surface area contributed by atoms with Crippen LogP contribution < -0.4 is 0 Å². The molecule has 0 spiro atoms. The Balaban J connectivity index is 1.08. The van der Waals surface area contributed by atoms with Crippen molar-refractivity contribution >= 4 is 34.1 Å². The average molecular weight is 695 g/mol. The summed E-state index contributed by atoms with van der Waals surface area (Å²) < 4.78 is 0. The number of pyridine rings is 1. The molecule has 0 N–H and O–H groups in total. The second kappa shape index (κ2) is 12.3. The lowest BCUT2D eigenvalue weighted by atomic mass is 9.77. The Morgan fingerprint density at radius 1 is 0.611 bits per heavy atom. The zero-order chi connectivity index (χ0) is 35.8. The summed E-state index contributed by atoms with van der Waals surface area (Å²) in [5.74, 6) is 1.04.